The molecule has 0 fully saturated rings. The van der Waals surface area contributed by atoms with Gasteiger partial charge in [0.25, 0.3) is 5.91 Å². The van der Waals surface area contributed by atoms with Gasteiger partial charge in [-0.1, -0.05) is 29.8 Å². The molecule has 0 aliphatic carbocycles. The van der Waals surface area contributed by atoms with Gasteiger partial charge in [-0.2, -0.15) is 10.1 Å². The molecule has 0 spiro atoms. The van der Waals surface area contributed by atoms with Crippen LogP contribution in [-0.4, -0.2) is 11.6 Å². The van der Waals surface area contributed by atoms with Crippen molar-refractivity contribution in [2.45, 2.75) is 6.92 Å². The molecule has 3 aromatic rings. The number of amides is 1. The Balaban J connectivity index is 1.63. The largest absolute Gasteiger partial charge is 0.457 e. The van der Waals surface area contributed by atoms with E-state index in [1.165, 1.54) is 17.1 Å². The smallest absolute Gasteiger partial charge is 0.280 e. The highest BCUT2D eigenvalue weighted by atomic mass is 35.5. The van der Waals surface area contributed by atoms with Crippen molar-refractivity contribution in [2.24, 2.45) is 5.10 Å². The molecule has 1 amide bonds. The minimum Gasteiger partial charge on any atom is -0.457 e. The molecule has 0 unspecified atom stereocenters. The molecule has 6 heteroatoms. The molecule has 1 aliphatic rings. The summed E-state index contributed by atoms with van der Waals surface area (Å²) in [6.45, 7) is 1.77. The average molecular weight is 381 g/mol. The Morgan fingerprint density at radius 1 is 1.11 bits per heavy atom. The summed E-state index contributed by atoms with van der Waals surface area (Å²) in [5, 5.41) is 5.73. The molecule has 0 N–H and O–H groups in total. The Kier molecular flexibility index (Phi) is 4.38. The summed E-state index contributed by atoms with van der Waals surface area (Å²) in [7, 11) is 0. The fourth-order valence-electron chi connectivity index (χ4n) is 2.81. The lowest BCUT2D eigenvalue weighted by atomic mass is 10.1. The number of carbonyl (C=O) groups excluding carboxylic acids is 1. The van der Waals surface area contributed by atoms with Crippen LogP contribution >= 0.6 is 11.6 Å². The second-order valence-electron chi connectivity index (χ2n) is 6.03. The SMILES string of the molecule is CC1=NN(c2ccccc2)C(=O)/C1=C\c1ccc(-c2ccc(F)c(Cl)c2)o1. The third-order valence-corrected chi connectivity index (χ3v) is 4.47. The first-order chi connectivity index (χ1) is 13.0. The predicted molar refractivity (Wildman–Crippen MR) is 104 cm³/mol. The number of benzene rings is 2. The molecule has 4 rings (SSSR count). The van der Waals surface area contributed by atoms with Gasteiger partial charge in [0.1, 0.15) is 17.3 Å². The van der Waals surface area contributed by atoms with E-state index in [-0.39, 0.29) is 10.9 Å². The summed E-state index contributed by atoms with van der Waals surface area (Å²) in [4.78, 5) is 12.7. The minimum absolute atomic E-state index is 0.0243. The molecule has 1 aliphatic heterocycles. The summed E-state index contributed by atoms with van der Waals surface area (Å²) >= 11 is 5.83. The van der Waals surface area contributed by atoms with Crippen LogP contribution in [0.3, 0.4) is 0 Å². The van der Waals surface area contributed by atoms with E-state index >= 15 is 0 Å². The molecule has 4 nitrogen and oxygen atoms in total. The maximum absolute atomic E-state index is 13.3. The fraction of sp³-hybridized carbons (Fsp3) is 0.0476. The average Bonchev–Trinajstić information content (AvgIpc) is 3.25. The summed E-state index contributed by atoms with van der Waals surface area (Å²) in [6.07, 6.45) is 1.65. The molecule has 27 heavy (non-hydrogen) atoms. The Morgan fingerprint density at radius 2 is 1.89 bits per heavy atom. The van der Waals surface area contributed by atoms with Crippen molar-refractivity contribution < 1.29 is 13.6 Å². The van der Waals surface area contributed by atoms with Gasteiger partial charge < -0.3 is 4.42 Å². The minimum atomic E-state index is -0.487. The van der Waals surface area contributed by atoms with Crippen LogP contribution < -0.4 is 5.01 Å². The molecule has 134 valence electrons. The zero-order chi connectivity index (χ0) is 19.0. The Morgan fingerprint density at radius 3 is 2.63 bits per heavy atom. The third-order valence-electron chi connectivity index (χ3n) is 4.18. The lowest BCUT2D eigenvalue weighted by Gasteiger charge is -2.10. The Labute approximate surface area is 160 Å². The van der Waals surface area contributed by atoms with E-state index in [0.717, 1.165) is 0 Å². The van der Waals surface area contributed by atoms with Gasteiger partial charge in [0.2, 0.25) is 0 Å². The van der Waals surface area contributed by atoms with Gasteiger partial charge in [0, 0.05) is 5.56 Å². The lowest BCUT2D eigenvalue weighted by molar-refractivity contribution is -0.114. The van der Waals surface area contributed by atoms with Crippen LogP contribution in [0, 0.1) is 5.82 Å². The van der Waals surface area contributed by atoms with Crippen molar-refractivity contribution in [1.29, 1.82) is 0 Å². The number of hydrazone groups is 1. The molecule has 1 aromatic heterocycles. The van der Waals surface area contributed by atoms with Crippen LogP contribution in [0.4, 0.5) is 10.1 Å². The van der Waals surface area contributed by atoms with Crippen molar-refractivity contribution in [1.82, 2.24) is 0 Å². The second kappa shape index (κ2) is 6.85. The molecule has 2 heterocycles. The number of nitrogens with zero attached hydrogens (tertiary/aromatic N) is 2. The molecule has 0 radical (unpaired) electrons. The van der Waals surface area contributed by atoms with Crippen LogP contribution in [0.5, 0.6) is 0 Å². The summed E-state index contributed by atoms with van der Waals surface area (Å²) in [6, 6.07) is 17.1. The van der Waals surface area contributed by atoms with E-state index in [4.69, 9.17) is 16.0 Å². The van der Waals surface area contributed by atoms with E-state index in [1.807, 2.05) is 30.3 Å². The molecule has 2 aromatic carbocycles. The molecule has 0 saturated heterocycles. The normalized spacial score (nSPS) is 15.5. The number of hydrogen-bond donors (Lipinski definition) is 0. The highest BCUT2D eigenvalue weighted by Gasteiger charge is 2.28. The number of carbonyl (C=O) groups is 1. The molecule has 0 saturated carbocycles. The van der Waals surface area contributed by atoms with Crippen molar-refractivity contribution >= 4 is 35.0 Å². The number of hydrogen-bond acceptors (Lipinski definition) is 3. The molecular formula is C21H14ClFN2O2. The van der Waals surface area contributed by atoms with Crippen LogP contribution in [0.2, 0.25) is 5.02 Å². The maximum atomic E-state index is 13.3. The van der Waals surface area contributed by atoms with E-state index in [0.29, 0.717) is 34.1 Å². The van der Waals surface area contributed by atoms with Gasteiger partial charge in [-0.15, -0.1) is 0 Å². The van der Waals surface area contributed by atoms with E-state index in [9.17, 15) is 9.18 Å². The van der Waals surface area contributed by atoms with Crippen LogP contribution in [0.1, 0.15) is 12.7 Å². The number of halogens is 2. The van der Waals surface area contributed by atoms with E-state index in [1.54, 1.807) is 31.2 Å². The van der Waals surface area contributed by atoms with E-state index in [2.05, 4.69) is 5.10 Å². The Hall–Kier alpha value is -3.18. The van der Waals surface area contributed by atoms with Crippen molar-refractivity contribution in [2.75, 3.05) is 5.01 Å². The van der Waals surface area contributed by atoms with Crippen LogP contribution in [0.25, 0.3) is 17.4 Å². The van der Waals surface area contributed by atoms with Crippen LogP contribution in [-0.2, 0) is 4.79 Å². The standard InChI is InChI=1S/C21H14ClFN2O2/c1-13-17(21(26)25(24-13)15-5-3-2-4-6-15)12-16-8-10-20(27-16)14-7-9-19(23)18(22)11-14/h2-12H,1H3/b17-12-. The fourth-order valence-corrected chi connectivity index (χ4v) is 2.99. The van der Waals surface area contributed by atoms with Crippen LogP contribution in [0.15, 0.2) is 75.8 Å². The monoisotopic (exact) mass is 380 g/mol. The first-order valence-corrected chi connectivity index (χ1v) is 8.63. The highest BCUT2D eigenvalue weighted by molar-refractivity contribution is 6.32. The first-order valence-electron chi connectivity index (χ1n) is 8.25. The quantitative estimate of drug-likeness (QED) is 0.559. The zero-order valence-electron chi connectivity index (χ0n) is 14.3. The number of furan rings is 1. The van der Waals surface area contributed by atoms with Gasteiger partial charge in [-0.3, -0.25) is 4.79 Å². The second-order valence-corrected chi connectivity index (χ2v) is 6.43. The van der Waals surface area contributed by atoms with Gasteiger partial charge >= 0.3 is 0 Å². The van der Waals surface area contributed by atoms with E-state index < -0.39 is 5.82 Å². The van der Waals surface area contributed by atoms with Crippen molar-refractivity contribution in [3.8, 4) is 11.3 Å². The molecular weight excluding hydrogens is 367 g/mol. The number of rotatable bonds is 3. The van der Waals surface area contributed by atoms with Crippen molar-refractivity contribution in [3.63, 3.8) is 0 Å². The van der Waals surface area contributed by atoms with Crippen molar-refractivity contribution in [3.05, 3.63) is 82.8 Å². The van der Waals surface area contributed by atoms with Gasteiger partial charge in [0.05, 0.1) is 22.0 Å². The topological polar surface area (TPSA) is 45.8 Å². The summed E-state index contributed by atoms with van der Waals surface area (Å²) in [5.74, 6) is 0.321. The number of anilines is 1. The first kappa shape index (κ1) is 17.2. The van der Waals surface area contributed by atoms with Gasteiger partial charge in [-0.25, -0.2) is 4.39 Å². The Bertz CT molecular complexity index is 1090. The molecule has 0 bridgehead atoms. The highest BCUT2D eigenvalue weighted by Crippen LogP contribution is 2.29. The molecule has 0 atom stereocenters. The van der Waals surface area contributed by atoms with Gasteiger partial charge in [0.15, 0.2) is 0 Å². The third kappa shape index (κ3) is 3.29. The predicted octanol–water partition coefficient (Wildman–Crippen LogP) is 5.55. The van der Waals surface area contributed by atoms with Gasteiger partial charge in [-0.05, 0) is 55.5 Å². The summed E-state index contributed by atoms with van der Waals surface area (Å²) < 4.78 is 19.1. The maximum Gasteiger partial charge on any atom is 0.280 e. The number of para-hydroxylation sites is 1. The zero-order valence-corrected chi connectivity index (χ0v) is 15.1. The lowest BCUT2D eigenvalue weighted by Crippen LogP contribution is -2.21. The summed E-state index contributed by atoms with van der Waals surface area (Å²) in [5.41, 5.74) is 2.41.